The number of allylic oxidation sites excluding steroid dienone is 1. The predicted molar refractivity (Wildman–Crippen MR) is 235 cm³/mol. The predicted octanol–water partition coefficient (Wildman–Crippen LogP) is 6.73. The number of aromatic nitrogens is 2. The fraction of sp³-hybridized carbons (Fsp3) is 0.532. The number of furan rings is 1. The standard InChI is InChI=1S/C47H56N6O9S/c1-46(2,3)29-21-19-28(20-22-29)40-49-38-34-16-11-12-18-37(34)62-39(38)42(50-40)60-32-25-36-41(54)51-47(44(56)52-63(58,59)33-23-24-33)26-30(47)13-7-5-4-6-8-17-35(43(55)53(36)27-32)48-45(57)61-31-14-9-10-15-31/h7,11-13,16,18-22,30-33,35-36H,4-6,8-10,14-15,17,23-27H2,1-3H3,(H,48,57)(H,51,54)(H,52,56)/b13-7-/t30-,32+,35-,36-,47+/m0/s1. The molecule has 2 aromatic heterocycles. The van der Waals surface area contributed by atoms with Crippen LogP contribution in [0.5, 0.6) is 5.88 Å². The van der Waals surface area contributed by atoms with Crippen molar-refractivity contribution in [2.24, 2.45) is 5.92 Å². The van der Waals surface area contributed by atoms with Crippen molar-refractivity contribution in [3.63, 3.8) is 0 Å². The van der Waals surface area contributed by atoms with Gasteiger partial charge in [-0.1, -0.05) is 82.2 Å². The number of amides is 4. The molecule has 1 saturated heterocycles. The van der Waals surface area contributed by atoms with Crippen LogP contribution in [0.1, 0.15) is 110 Å². The summed E-state index contributed by atoms with van der Waals surface area (Å²) < 4.78 is 47.0. The zero-order valence-corrected chi connectivity index (χ0v) is 36.9. The number of sulfonamides is 1. The maximum atomic E-state index is 14.8. The molecule has 9 rings (SSSR count). The number of nitrogens with zero attached hydrogens (tertiary/aromatic N) is 3. The molecule has 0 spiro atoms. The monoisotopic (exact) mass is 880 g/mol. The number of benzene rings is 2. The van der Waals surface area contributed by atoms with Crippen LogP contribution in [0.4, 0.5) is 4.79 Å². The molecule has 3 saturated carbocycles. The van der Waals surface area contributed by atoms with Crippen molar-refractivity contribution < 1.29 is 41.5 Å². The molecular formula is C47H56N6O9S. The van der Waals surface area contributed by atoms with Crippen molar-refractivity contribution in [3.05, 3.63) is 66.2 Å². The second-order valence-electron chi connectivity index (χ2n) is 19.0. The number of carbonyl (C=O) groups excluding carboxylic acids is 4. The number of carbonyl (C=O) groups is 4. The van der Waals surface area contributed by atoms with Crippen LogP contribution < -0.4 is 20.1 Å². The molecule has 4 aromatic rings. The zero-order valence-electron chi connectivity index (χ0n) is 36.1. The van der Waals surface area contributed by atoms with Crippen LogP contribution in [0.15, 0.2) is 65.1 Å². The minimum Gasteiger partial charge on any atom is -0.470 e. The van der Waals surface area contributed by atoms with Gasteiger partial charge in [-0.05, 0) is 87.3 Å². The molecule has 3 aliphatic carbocycles. The lowest BCUT2D eigenvalue weighted by Crippen LogP contribution is -2.58. The first-order valence-corrected chi connectivity index (χ1v) is 24.0. The fourth-order valence-corrected chi connectivity index (χ4v) is 10.6. The van der Waals surface area contributed by atoms with E-state index < -0.39 is 68.7 Å². The molecule has 0 radical (unpaired) electrons. The Morgan fingerprint density at radius 3 is 2.41 bits per heavy atom. The zero-order chi connectivity index (χ0) is 44.1. The van der Waals surface area contributed by atoms with Crippen molar-refractivity contribution >= 4 is 55.9 Å². The van der Waals surface area contributed by atoms with E-state index in [9.17, 15) is 27.6 Å². The summed E-state index contributed by atoms with van der Waals surface area (Å²) in [6, 6.07) is 13.4. The molecule has 4 heterocycles. The fourth-order valence-electron chi connectivity index (χ4n) is 9.23. The number of hydrogen-bond acceptors (Lipinski definition) is 11. The third kappa shape index (κ3) is 9.00. The van der Waals surface area contributed by atoms with Gasteiger partial charge in [0.15, 0.2) is 5.82 Å². The van der Waals surface area contributed by atoms with Crippen LogP contribution >= 0.6 is 0 Å². The number of nitrogens with one attached hydrogen (secondary N) is 3. The van der Waals surface area contributed by atoms with E-state index in [-0.39, 0.29) is 36.8 Å². The number of rotatable bonds is 8. The summed E-state index contributed by atoms with van der Waals surface area (Å²) in [5.41, 5.74) is 1.73. The lowest BCUT2D eigenvalue weighted by atomic mass is 9.87. The third-order valence-electron chi connectivity index (χ3n) is 13.2. The Bertz CT molecular complexity index is 2560. The molecule has 63 heavy (non-hydrogen) atoms. The van der Waals surface area contributed by atoms with Crippen molar-refractivity contribution in [1.82, 2.24) is 30.2 Å². The highest BCUT2D eigenvalue weighted by Crippen LogP contribution is 2.46. The second-order valence-corrected chi connectivity index (χ2v) is 20.9. The van der Waals surface area contributed by atoms with Crippen molar-refractivity contribution in [2.75, 3.05) is 6.54 Å². The largest absolute Gasteiger partial charge is 0.470 e. The smallest absolute Gasteiger partial charge is 0.408 e. The van der Waals surface area contributed by atoms with E-state index in [0.717, 1.165) is 55.0 Å². The first-order valence-electron chi connectivity index (χ1n) is 22.5. The topological polar surface area (TPSA) is 199 Å². The number of alkyl carbamates (subject to hydrolysis) is 1. The summed E-state index contributed by atoms with van der Waals surface area (Å²) in [5, 5.41) is 5.88. The summed E-state index contributed by atoms with van der Waals surface area (Å²) in [4.78, 5) is 68.0. The Kier molecular flexibility index (Phi) is 11.5. The average molecular weight is 881 g/mol. The van der Waals surface area contributed by atoms with E-state index in [2.05, 4.69) is 36.1 Å². The highest BCUT2D eigenvalue weighted by Gasteiger charge is 2.62. The van der Waals surface area contributed by atoms with Gasteiger partial charge in [-0.3, -0.25) is 19.1 Å². The molecule has 5 aliphatic rings. The summed E-state index contributed by atoms with van der Waals surface area (Å²) in [6.45, 7) is 6.36. The second kappa shape index (κ2) is 16.9. The van der Waals surface area contributed by atoms with Crippen LogP contribution in [0.2, 0.25) is 0 Å². The molecule has 4 fully saturated rings. The molecule has 2 aromatic carbocycles. The Labute approximate surface area is 367 Å². The third-order valence-corrected chi connectivity index (χ3v) is 15.0. The van der Waals surface area contributed by atoms with E-state index in [1.807, 2.05) is 60.7 Å². The van der Waals surface area contributed by atoms with Gasteiger partial charge >= 0.3 is 6.09 Å². The Hall–Kier alpha value is -5.51. The average Bonchev–Trinajstić information content (AvgIpc) is 4.06. The molecule has 0 bridgehead atoms. The van der Waals surface area contributed by atoms with Gasteiger partial charge in [0.2, 0.25) is 27.4 Å². The molecule has 5 atom stereocenters. The number of para-hydroxylation sites is 1. The van der Waals surface area contributed by atoms with Crippen molar-refractivity contribution in [1.29, 1.82) is 0 Å². The summed E-state index contributed by atoms with van der Waals surface area (Å²) in [5.74, 6) is -1.83. The minimum atomic E-state index is -3.92. The molecule has 4 amide bonds. The van der Waals surface area contributed by atoms with Crippen LogP contribution in [0, 0.1) is 5.92 Å². The molecular weight excluding hydrogens is 825 g/mol. The minimum absolute atomic E-state index is 0.00324. The van der Waals surface area contributed by atoms with E-state index in [4.69, 9.17) is 23.9 Å². The lowest BCUT2D eigenvalue weighted by Gasteiger charge is -2.30. The molecule has 3 N–H and O–H groups in total. The first-order chi connectivity index (χ1) is 30.2. The first kappa shape index (κ1) is 42.8. The number of hydrogen-bond donors (Lipinski definition) is 3. The SMILES string of the molecule is CC(C)(C)c1ccc(-c2nc(O[C@@H]3C[C@H]4C(=O)N[C@]5(C(=O)NS(=O)(=O)C6CC6)C[C@@H]5/C=C\CCCCC[C@H](NC(=O)OC5CCCC5)C(=O)N4C3)c3oc4ccccc4c3n2)cc1. The summed E-state index contributed by atoms with van der Waals surface area (Å²) in [7, 11) is -3.92. The highest BCUT2D eigenvalue weighted by atomic mass is 32.2. The summed E-state index contributed by atoms with van der Waals surface area (Å²) >= 11 is 0. The molecule has 16 heteroatoms. The normalized spacial score (nSPS) is 26.6. The maximum Gasteiger partial charge on any atom is 0.408 e. The van der Waals surface area contributed by atoms with Gasteiger partial charge in [0.1, 0.15) is 40.9 Å². The maximum absolute atomic E-state index is 14.8. The lowest BCUT2D eigenvalue weighted by molar-refractivity contribution is -0.141. The van der Waals surface area contributed by atoms with E-state index >= 15 is 0 Å². The van der Waals surface area contributed by atoms with Crippen LogP contribution in [-0.4, -0.2) is 88.7 Å². The van der Waals surface area contributed by atoms with Crippen LogP contribution in [0.3, 0.4) is 0 Å². The van der Waals surface area contributed by atoms with Crippen LogP contribution in [-0.2, 0) is 34.6 Å². The van der Waals surface area contributed by atoms with Gasteiger partial charge in [0, 0.05) is 23.3 Å². The van der Waals surface area contributed by atoms with Gasteiger partial charge in [-0.25, -0.2) is 18.2 Å². The van der Waals surface area contributed by atoms with Gasteiger partial charge in [0.05, 0.1) is 11.8 Å². The van der Waals surface area contributed by atoms with E-state index in [1.165, 1.54) is 4.90 Å². The summed E-state index contributed by atoms with van der Waals surface area (Å²) in [6.07, 6.45) is 9.88. The molecule has 2 aliphatic heterocycles. The van der Waals surface area contributed by atoms with E-state index in [1.54, 1.807) is 0 Å². The Morgan fingerprint density at radius 2 is 1.67 bits per heavy atom. The number of fused-ring (bicyclic) bond motifs is 5. The van der Waals surface area contributed by atoms with Crippen molar-refractivity contribution in [2.45, 2.75) is 145 Å². The Balaban J connectivity index is 1.05. The van der Waals surface area contributed by atoms with Gasteiger partial charge < -0.3 is 29.4 Å². The van der Waals surface area contributed by atoms with Gasteiger partial charge in [-0.15, -0.1) is 0 Å². The highest BCUT2D eigenvalue weighted by molar-refractivity contribution is 7.91. The van der Waals surface area contributed by atoms with Crippen molar-refractivity contribution in [3.8, 4) is 17.3 Å². The Morgan fingerprint density at radius 1 is 0.921 bits per heavy atom. The quantitative estimate of drug-likeness (QED) is 0.159. The molecule has 0 unspecified atom stereocenters. The van der Waals surface area contributed by atoms with Crippen LogP contribution in [0.25, 0.3) is 33.5 Å². The number of ether oxygens (including phenoxy) is 2. The molecule has 334 valence electrons. The molecule has 15 nitrogen and oxygen atoms in total. The van der Waals surface area contributed by atoms with E-state index in [0.29, 0.717) is 54.6 Å². The van der Waals surface area contributed by atoms with Gasteiger partial charge in [0.25, 0.3) is 11.8 Å². The van der Waals surface area contributed by atoms with Gasteiger partial charge in [-0.2, -0.15) is 4.98 Å².